The molecule has 2 atom stereocenters. The summed E-state index contributed by atoms with van der Waals surface area (Å²) >= 11 is 0. The minimum atomic E-state index is -3.84. The lowest BCUT2D eigenvalue weighted by molar-refractivity contribution is -0.129. The molecule has 4 aliphatic rings. The number of likely N-dealkylation sites (tertiary alicyclic amines) is 1. The molecule has 12 heteroatoms. The number of aliphatic imine (C=N–C) groups is 1. The van der Waals surface area contributed by atoms with Crippen molar-refractivity contribution in [3.05, 3.63) is 70.4 Å². The fourth-order valence-corrected chi connectivity index (χ4v) is 9.46. The van der Waals surface area contributed by atoms with Gasteiger partial charge in [0.25, 0.3) is 11.8 Å². The number of piperazine rings is 1. The van der Waals surface area contributed by atoms with Crippen LogP contribution in [0.25, 0.3) is 28.2 Å². The number of rotatable bonds is 9. The molecule has 282 valence electrons. The van der Waals surface area contributed by atoms with Crippen molar-refractivity contribution in [1.82, 2.24) is 19.1 Å². The first-order valence-electron chi connectivity index (χ1n) is 19.0. The monoisotopic (exact) mass is 740 g/mol. The van der Waals surface area contributed by atoms with E-state index in [9.17, 15) is 18.0 Å². The number of carbonyl (C=O) groups is 2. The lowest BCUT2D eigenvalue weighted by atomic mass is 9.81. The maximum atomic E-state index is 14.4. The molecular formula is C41H52N6O5S. The highest BCUT2D eigenvalue weighted by atomic mass is 32.2. The minimum Gasteiger partial charge on any atom is -0.497 e. The number of allylic oxidation sites excluding steroid dienone is 1. The molecule has 1 aromatic heterocycles. The summed E-state index contributed by atoms with van der Waals surface area (Å²) in [6.45, 7) is 7.13. The van der Waals surface area contributed by atoms with Gasteiger partial charge in [0.2, 0.25) is 10.0 Å². The number of aromatic nitrogens is 1. The lowest BCUT2D eigenvalue weighted by Gasteiger charge is -2.39. The van der Waals surface area contributed by atoms with Gasteiger partial charge in [-0.1, -0.05) is 25.3 Å². The van der Waals surface area contributed by atoms with Crippen LogP contribution in [0.5, 0.6) is 5.75 Å². The number of carbonyl (C=O) groups excluding carboxylic acids is 2. The van der Waals surface area contributed by atoms with E-state index in [2.05, 4.69) is 33.4 Å². The molecule has 2 amide bonds. The van der Waals surface area contributed by atoms with E-state index in [-0.39, 0.29) is 11.5 Å². The van der Waals surface area contributed by atoms with Crippen LogP contribution in [0, 0.1) is 0 Å². The molecule has 0 radical (unpaired) electrons. The highest BCUT2D eigenvalue weighted by Crippen LogP contribution is 2.47. The summed E-state index contributed by atoms with van der Waals surface area (Å²) < 4.78 is 35.7. The van der Waals surface area contributed by atoms with Gasteiger partial charge in [-0.2, -0.15) is 0 Å². The van der Waals surface area contributed by atoms with Crippen molar-refractivity contribution in [1.29, 1.82) is 0 Å². The zero-order chi connectivity index (χ0) is 37.6. The molecule has 2 unspecified atom stereocenters. The lowest BCUT2D eigenvalue weighted by Crippen LogP contribution is -2.54. The number of fused-ring (bicyclic) bond motifs is 7. The maximum Gasteiger partial charge on any atom is 0.264 e. The Hall–Kier alpha value is -4.42. The van der Waals surface area contributed by atoms with Gasteiger partial charge in [-0.3, -0.25) is 19.5 Å². The Kier molecular flexibility index (Phi) is 10.3. The van der Waals surface area contributed by atoms with Gasteiger partial charge in [0.1, 0.15) is 5.75 Å². The average Bonchev–Trinajstić information content (AvgIpc) is 3.46. The maximum absolute atomic E-state index is 14.4. The van der Waals surface area contributed by atoms with Crippen LogP contribution in [-0.4, -0.2) is 91.4 Å². The van der Waals surface area contributed by atoms with E-state index in [1.165, 1.54) is 18.2 Å². The first-order chi connectivity index (χ1) is 25.4. The van der Waals surface area contributed by atoms with Crippen molar-refractivity contribution in [2.24, 2.45) is 10.7 Å². The number of sulfonamides is 1. The van der Waals surface area contributed by atoms with E-state index in [4.69, 9.17) is 15.5 Å². The molecule has 0 spiro atoms. The molecule has 3 aliphatic heterocycles. The molecule has 1 aliphatic carbocycles. The molecule has 3 N–H and O–H groups in total. The Labute approximate surface area is 313 Å². The number of hydrogen-bond donors (Lipinski definition) is 2. The van der Waals surface area contributed by atoms with E-state index >= 15 is 0 Å². The molecule has 4 heterocycles. The van der Waals surface area contributed by atoms with E-state index in [1.54, 1.807) is 27.0 Å². The SMILES string of the molecule is CCN=C(C1=Cc2cc(OC)ccc2-c2c(C3CCCCC3)c3ccc(C(=O)NS(=O)(=O)C(C)C)cc3n2C1)C(=CN)C(=O)N1CC2CCC(C1)N2C. The Bertz CT molecular complexity index is 2130. The van der Waals surface area contributed by atoms with Crippen LogP contribution in [0.3, 0.4) is 0 Å². The van der Waals surface area contributed by atoms with Gasteiger partial charge < -0.3 is 19.9 Å². The number of nitrogens with one attached hydrogen (secondary N) is 1. The molecule has 3 aromatic rings. The predicted molar refractivity (Wildman–Crippen MR) is 211 cm³/mol. The summed E-state index contributed by atoms with van der Waals surface area (Å²) in [4.78, 5) is 37.2. The van der Waals surface area contributed by atoms with Crippen LogP contribution in [0.1, 0.15) is 93.1 Å². The number of likely N-dealkylation sites (N-methyl/N-ethyl adjacent to an activating group) is 1. The second-order valence-electron chi connectivity index (χ2n) is 15.2. The minimum absolute atomic E-state index is 0.119. The number of hydrogen-bond acceptors (Lipinski definition) is 8. The summed E-state index contributed by atoms with van der Waals surface area (Å²) in [7, 11) is -0.0418. The molecule has 1 saturated carbocycles. The normalized spacial score (nSPS) is 21.3. The quantitative estimate of drug-likeness (QED) is 0.208. The van der Waals surface area contributed by atoms with Gasteiger partial charge >= 0.3 is 0 Å². The largest absolute Gasteiger partial charge is 0.497 e. The standard InChI is InChI=1S/C41H52N6O5S/c1-6-43-38(35(21-42)41(49)46-23-30-13-14-31(24-46)45(30)4)29-18-28-19-32(52-5)15-17-33(28)39-37(26-10-8-7-9-11-26)34-16-12-27(20-36(34)47(39)22-29)40(48)44-53(50,51)25(2)3/h12,15-21,25-26,30-31H,6-11,13-14,22-24,42H2,1-5H3,(H,44,48). The van der Waals surface area contributed by atoms with Crippen molar-refractivity contribution in [3.63, 3.8) is 0 Å². The highest BCUT2D eigenvalue weighted by molar-refractivity contribution is 7.90. The number of benzene rings is 2. The number of amides is 2. The summed E-state index contributed by atoms with van der Waals surface area (Å²) in [5.41, 5.74) is 13.4. The Morgan fingerprint density at radius 1 is 1.04 bits per heavy atom. The highest BCUT2D eigenvalue weighted by Gasteiger charge is 2.40. The predicted octanol–water partition coefficient (Wildman–Crippen LogP) is 5.84. The number of ether oxygens (including phenoxy) is 1. The van der Waals surface area contributed by atoms with E-state index in [1.807, 2.05) is 36.1 Å². The third kappa shape index (κ3) is 6.80. The fourth-order valence-electron chi connectivity index (χ4n) is 8.85. The van der Waals surface area contributed by atoms with Crippen molar-refractivity contribution in [3.8, 4) is 17.0 Å². The third-order valence-corrected chi connectivity index (χ3v) is 13.5. The van der Waals surface area contributed by atoms with Crippen LogP contribution in [0.15, 0.2) is 58.7 Å². The first-order valence-corrected chi connectivity index (χ1v) is 20.6. The van der Waals surface area contributed by atoms with E-state index in [0.29, 0.717) is 61.2 Å². The van der Waals surface area contributed by atoms with Crippen molar-refractivity contribution < 1.29 is 22.7 Å². The molecule has 53 heavy (non-hydrogen) atoms. The summed E-state index contributed by atoms with van der Waals surface area (Å²) in [5.74, 6) is 0.225. The van der Waals surface area contributed by atoms with Gasteiger partial charge in [-0.05, 0) is 113 Å². The number of nitrogens with two attached hydrogens (primary N) is 1. The van der Waals surface area contributed by atoms with E-state index < -0.39 is 21.2 Å². The van der Waals surface area contributed by atoms with E-state index in [0.717, 1.165) is 71.8 Å². The number of nitrogens with zero attached hydrogens (tertiary/aromatic N) is 4. The molecule has 2 aromatic carbocycles. The molecular weight excluding hydrogens is 689 g/mol. The number of methoxy groups -OCH3 is 1. The topological polar surface area (TPSA) is 139 Å². The van der Waals surface area contributed by atoms with Gasteiger partial charge in [0, 0.05) is 59.9 Å². The summed E-state index contributed by atoms with van der Waals surface area (Å²) in [6.07, 6.45) is 11.2. The zero-order valence-corrected chi connectivity index (χ0v) is 32.3. The summed E-state index contributed by atoms with van der Waals surface area (Å²) in [6, 6.07) is 12.3. The van der Waals surface area contributed by atoms with Crippen LogP contribution < -0.4 is 15.2 Å². The molecule has 2 bridgehead atoms. The molecule has 2 saturated heterocycles. The average molecular weight is 741 g/mol. The zero-order valence-electron chi connectivity index (χ0n) is 31.5. The van der Waals surface area contributed by atoms with Crippen LogP contribution in [0.4, 0.5) is 0 Å². The second kappa shape index (κ2) is 14.8. The first kappa shape index (κ1) is 36.9. The molecule has 11 nitrogen and oxygen atoms in total. The van der Waals surface area contributed by atoms with Crippen LogP contribution >= 0.6 is 0 Å². The molecule has 7 rings (SSSR count). The third-order valence-electron chi connectivity index (χ3n) is 11.8. The van der Waals surface area contributed by atoms with Gasteiger partial charge in [0.15, 0.2) is 0 Å². The second-order valence-corrected chi connectivity index (χ2v) is 17.5. The van der Waals surface area contributed by atoms with Gasteiger partial charge in [-0.15, -0.1) is 0 Å². The summed E-state index contributed by atoms with van der Waals surface area (Å²) in [5, 5.41) is 0.273. The Morgan fingerprint density at radius 3 is 2.40 bits per heavy atom. The molecule has 3 fully saturated rings. The van der Waals surface area contributed by atoms with Gasteiger partial charge in [0.05, 0.1) is 35.9 Å². The van der Waals surface area contributed by atoms with Gasteiger partial charge in [-0.25, -0.2) is 13.1 Å². The fraction of sp³-hybridized carbons (Fsp3) is 0.488. The van der Waals surface area contributed by atoms with Crippen LogP contribution in [0.2, 0.25) is 0 Å². The van der Waals surface area contributed by atoms with Crippen molar-refractivity contribution in [2.45, 2.75) is 95.5 Å². The smallest absolute Gasteiger partial charge is 0.264 e. The van der Waals surface area contributed by atoms with Crippen molar-refractivity contribution in [2.75, 3.05) is 33.8 Å². The van der Waals surface area contributed by atoms with Crippen LogP contribution in [-0.2, 0) is 21.4 Å². The van der Waals surface area contributed by atoms with Crippen molar-refractivity contribution >= 4 is 44.5 Å². The Morgan fingerprint density at radius 2 is 1.75 bits per heavy atom. The Balaban J connectivity index is 1.40.